The Morgan fingerprint density at radius 1 is 1.04 bits per heavy atom. The minimum Gasteiger partial charge on any atom is -0.451 e. The minimum atomic E-state index is -1.18. The van der Waals surface area contributed by atoms with Crippen molar-refractivity contribution >= 4 is 23.8 Å². The monoisotopic (exact) mass is 377 g/mol. The normalized spacial score (nSPS) is 12.7. The van der Waals surface area contributed by atoms with E-state index >= 15 is 0 Å². The zero-order valence-corrected chi connectivity index (χ0v) is 16.3. The Kier molecular flexibility index (Phi) is 8.44. The fourth-order valence-electron chi connectivity index (χ4n) is 2.15. The summed E-state index contributed by atoms with van der Waals surface area (Å²) in [7, 11) is 0. The van der Waals surface area contributed by atoms with Crippen molar-refractivity contribution in [2.24, 2.45) is 5.92 Å². The summed E-state index contributed by atoms with van der Waals surface area (Å²) in [5.41, 5.74) is 1.43. The quantitative estimate of drug-likeness (QED) is 0.624. The fraction of sp³-hybridized carbons (Fsp3) is 0.474. The molecule has 0 aliphatic carbocycles. The van der Waals surface area contributed by atoms with E-state index in [1.165, 1.54) is 6.92 Å². The number of aryl methyl sites for hydroxylation is 1. The second kappa shape index (κ2) is 10.3. The van der Waals surface area contributed by atoms with Crippen molar-refractivity contribution in [3.63, 3.8) is 0 Å². The van der Waals surface area contributed by atoms with Gasteiger partial charge in [0.15, 0.2) is 6.10 Å². The van der Waals surface area contributed by atoms with Crippen LogP contribution in [-0.4, -0.2) is 42.5 Å². The highest BCUT2D eigenvalue weighted by atomic mass is 16.5. The van der Waals surface area contributed by atoms with Gasteiger partial charge in [0.2, 0.25) is 0 Å². The summed E-state index contributed by atoms with van der Waals surface area (Å²) in [6.07, 6.45) is -1.18. The predicted molar refractivity (Wildman–Crippen MR) is 100 cm³/mol. The molecule has 8 nitrogen and oxygen atoms in total. The summed E-state index contributed by atoms with van der Waals surface area (Å²) in [4.78, 5) is 48.0. The van der Waals surface area contributed by atoms with Gasteiger partial charge in [-0.05, 0) is 38.8 Å². The van der Waals surface area contributed by atoms with Crippen molar-refractivity contribution in [3.05, 3.63) is 35.4 Å². The van der Waals surface area contributed by atoms with Gasteiger partial charge in [0.1, 0.15) is 6.04 Å². The van der Waals surface area contributed by atoms with Crippen LogP contribution in [0.3, 0.4) is 0 Å². The summed E-state index contributed by atoms with van der Waals surface area (Å²) in [5.74, 6) is -2.17. The Morgan fingerprint density at radius 2 is 1.63 bits per heavy atom. The summed E-state index contributed by atoms with van der Waals surface area (Å²) < 4.78 is 5.12. The largest absolute Gasteiger partial charge is 0.451 e. The first kappa shape index (κ1) is 22.1. The number of imide groups is 1. The smallest absolute Gasteiger partial charge is 0.329 e. The first-order valence-electron chi connectivity index (χ1n) is 8.82. The molecule has 0 bridgehead atoms. The maximum atomic E-state index is 12.4. The van der Waals surface area contributed by atoms with Crippen LogP contribution in [0, 0.1) is 12.8 Å². The average molecular weight is 377 g/mol. The maximum absolute atomic E-state index is 12.4. The molecule has 0 saturated heterocycles. The predicted octanol–water partition coefficient (Wildman–Crippen LogP) is 1.53. The second-order valence-corrected chi connectivity index (χ2v) is 6.49. The number of amides is 4. The van der Waals surface area contributed by atoms with Gasteiger partial charge in [-0.15, -0.1) is 0 Å². The first-order chi connectivity index (χ1) is 12.6. The Labute approximate surface area is 159 Å². The molecule has 4 amide bonds. The van der Waals surface area contributed by atoms with Gasteiger partial charge in [0, 0.05) is 12.1 Å². The number of hydrogen-bond donors (Lipinski definition) is 3. The van der Waals surface area contributed by atoms with Gasteiger partial charge in [-0.25, -0.2) is 9.59 Å². The molecule has 0 aromatic heterocycles. The van der Waals surface area contributed by atoms with Gasteiger partial charge >= 0.3 is 12.0 Å². The summed E-state index contributed by atoms with van der Waals surface area (Å²) in [6.45, 7) is 8.82. The van der Waals surface area contributed by atoms with E-state index in [9.17, 15) is 19.2 Å². The van der Waals surface area contributed by atoms with Crippen LogP contribution < -0.4 is 16.0 Å². The van der Waals surface area contributed by atoms with E-state index in [4.69, 9.17) is 4.74 Å². The van der Waals surface area contributed by atoms with Crippen LogP contribution in [0.5, 0.6) is 0 Å². The van der Waals surface area contributed by atoms with Crippen LogP contribution in [-0.2, 0) is 14.3 Å². The van der Waals surface area contributed by atoms with Crippen molar-refractivity contribution in [1.29, 1.82) is 0 Å². The molecule has 0 radical (unpaired) electrons. The van der Waals surface area contributed by atoms with Crippen LogP contribution in [0.15, 0.2) is 24.3 Å². The molecular formula is C19H27N3O5. The molecule has 27 heavy (non-hydrogen) atoms. The van der Waals surface area contributed by atoms with Gasteiger partial charge in [-0.2, -0.15) is 0 Å². The highest BCUT2D eigenvalue weighted by molar-refractivity contribution is 5.98. The van der Waals surface area contributed by atoms with Crippen LogP contribution in [0.25, 0.3) is 0 Å². The molecule has 0 aliphatic heterocycles. The van der Waals surface area contributed by atoms with E-state index < -0.39 is 36.0 Å². The fourth-order valence-corrected chi connectivity index (χ4v) is 2.15. The SMILES string of the molecule is CCNC(=O)NC(=O)[C@H](C)OC(=O)[C@@H](NC(=O)c1ccc(C)cc1)C(C)C. The molecule has 0 heterocycles. The molecule has 8 heteroatoms. The molecule has 1 aromatic carbocycles. The third-order valence-corrected chi connectivity index (χ3v) is 3.76. The van der Waals surface area contributed by atoms with E-state index in [0.29, 0.717) is 12.1 Å². The molecule has 0 aliphatic rings. The molecule has 0 fully saturated rings. The summed E-state index contributed by atoms with van der Waals surface area (Å²) >= 11 is 0. The van der Waals surface area contributed by atoms with Gasteiger partial charge < -0.3 is 15.4 Å². The zero-order valence-electron chi connectivity index (χ0n) is 16.3. The van der Waals surface area contributed by atoms with Crippen molar-refractivity contribution in [3.8, 4) is 0 Å². The lowest BCUT2D eigenvalue weighted by atomic mass is 10.0. The topological polar surface area (TPSA) is 114 Å². The summed E-state index contributed by atoms with van der Waals surface area (Å²) in [6, 6.07) is 5.32. The van der Waals surface area contributed by atoms with E-state index in [1.807, 2.05) is 6.92 Å². The maximum Gasteiger partial charge on any atom is 0.329 e. The van der Waals surface area contributed by atoms with Gasteiger partial charge in [-0.3, -0.25) is 14.9 Å². The third kappa shape index (κ3) is 7.08. The number of nitrogens with one attached hydrogen (secondary N) is 3. The second-order valence-electron chi connectivity index (χ2n) is 6.49. The molecule has 0 unspecified atom stereocenters. The number of hydrogen-bond acceptors (Lipinski definition) is 5. The third-order valence-electron chi connectivity index (χ3n) is 3.76. The number of carbonyl (C=O) groups is 4. The van der Waals surface area contributed by atoms with Gasteiger partial charge in [0.25, 0.3) is 11.8 Å². The van der Waals surface area contributed by atoms with Crippen LogP contribution in [0.2, 0.25) is 0 Å². The van der Waals surface area contributed by atoms with E-state index in [-0.39, 0.29) is 5.92 Å². The van der Waals surface area contributed by atoms with Gasteiger partial charge in [0.05, 0.1) is 0 Å². The molecule has 1 rings (SSSR count). The lowest BCUT2D eigenvalue weighted by Gasteiger charge is -2.23. The molecular weight excluding hydrogens is 350 g/mol. The number of ether oxygens (including phenoxy) is 1. The number of carbonyl (C=O) groups excluding carboxylic acids is 4. The van der Waals surface area contributed by atoms with Crippen molar-refractivity contribution in [2.45, 2.75) is 46.8 Å². The highest BCUT2D eigenvalue weighted by Gasteiger charge is 2.29. The van der Waals surface area contributed by atoms with Crippen LogP contribution in [0.4, 0.5) is 4.79 Å². The molecule has 0 saturated carbocycles. The Hall–Kier alpha value is -2.90. The molecule has 0 spiro atoms. The molecule has 148 valence electrons. The first-order valence-corrected chi connectivity index (χ1v) is 8.82. The standard InChI is InChI=1S/C19H27N3O5/c1-6-20-19(26)22-16(23)13(5)27-18(25)15(11(2)3)21-17(24)14-9-7-12(4)8-10-14/h7-11,13,15H,6H2,1-5H3,(H,21,24)(H2,20,22,23,26)/t13-,15-/m0/s1. The number of benzene rings is 1. The number of rotatable bonds is 7. The van der Waals surface area contributed by atoms with Crippen molar-refractivity contribution in [2.75, 3.05) is 6.54 Å². The van der Waals surface area contributed by atoms with Gasteiger partial charge in [-0.1, -0.05) is 31.5 Å². The lowest BCUT2D eigenvalue weighted by Crippen LogP contribution is -2.49. The van der Waals surface area contributed by atoms with E-state index in [1.54, 1.807) is 45.0 Å². The number of urea groups is 1. The Bertz CT molecular complexity index is 685. The Balaban J connectivity index is 2.72. The van der Waals surface area contributed by atoms with Crippen molar-refractivity contribution < 1.29 is 23.9 Å². The highest BCUT2D eigenvalue weighted by Crippen LogP contribution is 2.09. The molecule has 3 N–H and O–H groups in total. The van der Waals surface area contributed by atoms with Crippen LogP contribution >= 0.6 is 0 Å². The minimum absolute atomic E-state index is 0.259. The summed E-state index contributed by atoms with van der Waals surface area (Å²) in [5, 5.41) is 7.11. The number of esters is 1. The van der Waals surface area contributed by atoms with E-state index in [2.05, 4.69) is 16.0 Å². The van der Waals surface area contributed by atoms with Crippen LogP contribution in [0.1, 0.15) is 43.6 Å². The average Bonchev–Trinajstić information content (AvgIpc) is 2.59. The zero-order chi connectivity index (χ0) is 20.6. The lowest BCUT2D eigenvalue weighted by molar-refractivity contribution is -0.157. The van der Waals surface area contributed by atoms with Crippen molar-refractivity contribution in [1.82, 2.24) is 16.0 Å². The Morgan fingerprint density at radius 3 is 2.15 bits per heavy atom. The van der Waals surface area contributed by atoms with E-state index in [0.717, 1.165) is 5.56 Å². The molecule has 1 aromatic rings. The molecule has 2 atom stereocenters.